The number of rotatable bonds is 8. The van der Waals surface area contributed by atoms with Crippen molar-refractivity contribution in [3.63, 3.8) is 0 Å². The summed E-state index contributed by atoms with van der Waals surface area (Å²) in [6, 6.07) is 13.1. The quantitative estimate of drug-likeness (QED) is 0.548. The van der Waals surface area contributed by atoms with Crippen LogP contribution in [0.4, 0.5) is 0 Å². The van der Waals surface area contributed by atoms with Gasteiger partial charge in [-0.1, -0.05) is 12.1 Å². The first-order valence-corrected chi connectivity index (χ1v) is 7.72. The molecular weight excluding hydrogens is 308 g/mol. The molecule has 2 rings (SSSR count). The van der Waals surface area contributed by atoms with E-state index in [1.807, 2.05) is 31.2 Å². The van der Waals surface area contributed by atoms with E-state index in [1.54, 1.807) is 25.3 Å². The van der Waals surface area contributed by atoms with Crippen LogP contribution in [0.25, 0.3) is 0 Å². The van der Waals surface area contributed by atoms with Gasteiger partial charge in [-0.15, -0.1) is 0 Å². The minimum atomic E-state index is -0.374. The fourth-order valence-electron chi connectivity index (χ4n) is 2.32. The molecule has 0 amide bonds. The molecule has 0 saturated heterocycles. The van der Waals surface area contributed by atoms with Gasteiger partial charge < -0.3 is 18.9 Å². The Morgan fingerprint density at radius 3 is 2.38 bits per heavy atom. The number of hydrogen-bond acceptors (Lipinski definition) is 5. The van der Waals surface area contributed by atoms with Crippen molar-refractivity contribution in [1.29, 1.82) is 0 Å². The summed E-state index contributed by atoms with van der Waals surface area (Å²) in [7, 11) is 2.93. The number of esters is 1. The van der Waals surface area contributed by atoms with E-state index >= 15 is 0 Å². The Morgan fingerprint density at radius 1 is 1.00 bits per heavy atom. The SMILES string of the molecule is CCOc1ccc(Cc2cc(C(=O)OC)ccc2OCOC)cc1. The van der Waals surface area contributed by atoms with Gasteiger partial charge in [-0.05, 0) is 48.4 Å². The van der Waals surface area contributed by atoms with E-state index in [1.165, 1.54) is 7.11 Å². The highest BCUT2D eigenvalue weighted by Crippen LogP contribution is 2.25. The maximum Gasteiger partial charge on any atom is 0.337 e. The molecule has 0 aliphatic rings. The number of carbonyl (C=O) groups is 1. The number of methoxy groups -OCH3 is 2. The second-order valence-electron chi connectivity index (χ2n) is 5.12. The minimum absolute atomic E-state index is 0.147. The van der Waals surface area contributed by atoms with Crippen LogP contribution in [-0.4, -0.2) is 33.6 Å². The zero-order valence-electron chi connectivity index (χ0n) is 14.2. The third-order valence-electron chi connectivity index (χ3n) is 3.44. The maximum atomic E-state index is 11.8. The number of hydrogen-bond donors (Lipinski definition) is 0. The summed E-state index contributed by atoms with van der Waals surface area (Å²) in [5.74, 6) is 1.14. The van der Waals surface area contributed by atoms with Crippen LogP contribution in [0, 0.1) is 0 Å². The van der Waals surface area contributed by atoms with Crippen molar-refractivity contribution in [3.8, 4) is 11.5 Å². The molecule has 24 heavy (non-hydrogen) atoms. The zero-order valence-corrected chi connectivity index (χ0v) is 14.2. The summed E-state index contributed by atoms with van der Waals surface area (Å²) in [4.78, 5) is 11.8. The lowest BCUT2D eigenvalue weighted by Gasteiger charge is -2.13. The molecule has 0 fully saturated rings. The van der Waals surface area contributed by atoms with Crippen molar-refractivity contribution >= 4 is 5.97 Å². The molecule has 2 aromatic carbocycles. The number of carbonyl (C=O) groups excluding carboxylic acids is 1. The normalized spacial score (nSPS) is 10.3. The standard InChI is InChI=1S/C19H22O5/c1-4-23-17-8-5-14(6-9-17)11-16-12-15(19(20)22-3)7-10-18(16)24-13-21-2/h5-10,12H,4,11,13H2,1-3H3. The van der Waals surface area contributed by atoms with E-state index in [2.05, 4.69) is 0 Å². The molecule has 0 N–H and O–H groups in total. The van der Waals surface area contributed by atoms with Crippen molar-refractivity contribution in [2.45, 2.75) is 13.3 Å². The average Bonchev–Trinajstić information content (AvgIpc) is 2.61. The van der Waals surface area contributed by atoms with Gasteiger partial charge in [-0.25, -0.2) is 4.79 Å². The van der Waals surface area contributed by atoms with Gasteiger partial charge in [0.2, 0.25) is 0 Å². The van der Waals surface area contributed by atoms with E-state index in [-0.39, 0.29) is 12.8 Å². The first kappa shape index (κ1) is 17.8. The Kier molecular flexibility index (Phi) is 6.63. The Balaban J connectivity index is 2.25. The van der Waals surface area contributed by atoms with Gasteiger partial charge in [0.1, 0.15) is 11.5 Å². The van der Waals surface area contributed by atoms with Gasteiger partial charge in [-0.2, -0.15) is 0 Å². The predicted molar refractivity (Wildman–Crippen MR) is 90.7 cm³/mol. The molecule has 0 atom stereocenters. The third kappa shape index (κ3) is 4.73. The topological polar surface area (TPSA) is 54.0 Å². The molecule has 0 saturated carbocycles. The molecule has 0 aliphatic carbocycles. The van der Waals surface area contributed by atoms with Gasteiger partial charge in [-0.3, -0.25) is 0 Å². The highest BCUT2D eigenvalue weighted by atomic mass is 16.7. The van der Waals surface area contributed by atoms with Crippen LogP contribution in [0.15, 0.2) is 42.5 Å². The van der Waals surface area contributed by atoms with Gasteiger partial charge >= 0.3 is 5.97 Å². The van der Waals surface area contributed by atoms with Gasteiger partial charge in [0.05, 0.1) is 19.3 Å². The summed E-state index contributed by atoms with van der Waals surface area (Å²) in [6.07, 6.45) is 0.621. The zero-order chi connectivity index (χ0) is 17.4. The van der Waals surface area contributed by atoms with Crippen molar-refractivity contribution in [1.82, 2.24) is 0 Å². The van der Waals surface area contributed by atoms with Crippen LogP contribution < -0.4 is 9.47 Å². The van der Waals surface area contributed by atoms with Crippen molar-refractivity contribution in [3.05, 3.63) is 59.2 Å². The highest BCUT2D eigenvalue weighted by molar-refractivity contribution is 5.89. The Labute approximate surface area is 142 Å². The van der Waals surface area contributed by atoms with Gasteiger partial charge in [0, 0.05) is 13.5 Å². The lowest BCUT2D eigenvalue weighted by atomic mass is 10.0. The second kappa shape index (κ2) is 8.93. The Morgan fingerprint density at radius 2 is 1.75 bits per heavy atom. The first-order valence-electron chi connectivity index (χ1n) is 7.72. The van der Waals surface area contributed by atoms with Crippen LogP contribution in [-0.2, 0) is 15.9 Å². The van der Waals surface area contributed by atoms with Gasteiger partial charge in [0.15, 0.2) is 6.79 Å². The molecule has 0 heterocycles. The molecule has 0 aliphatic heterocycles. The second-order valence-corrected chi connectivity index (χ2v) is 5.12. The molecule has 5 heteroatoms. The molecule has 0 bridgehead atoms. The highest BCUT2D eigenvalue weighted by Gasteiger charge is 2.12. The summed E-state index contributed by atoms with van der Waals surface area (Å²) in [5, 5.41) is 0. The average molecular weight is 330 g/mol. The van der Waals surface area contributed by atoms with Crippen molar-refractivity contribution < 1.29 is 23.7 Å². The van der Waals surface area contributed by atoms with E-state index in [0.29, 0.717) is 24.3 Å². The monoisotopic (exact) mass is 330 g/mol. The molecule has 0 aromatic heterocycles. The minimum Gasteiger partial charge on any atom is -0.494 e. The Bertz CT molecular complexity index is 664. The largest absolute Gasteiger partial charge is 0.494 e. The number of ether oxygens (including phenoxy) is 4. The smallest absolute Gasteiger partial charge is 0.337 e. The predicted octanol–water partition coefficient (Wildman–Crippen LogP) is 3.45. The van der Waals surface area contributed by atoms with E-state index in [4.69, 9.17) is 18.9 Å². The summed E-state index contributed by atoms with van der Waals surface area (Å²) in [6.45, 7) is 2.73. The summed E-state index contributed by atoms with van der Waals surface area (Å²) >= 11 is 0. The first-order chi connectivity index (χ1) is 11.7. The van der Waals surface area contributed by atoms with Crippen LogP contribution in [0.3, 0.4) is 0 Å². The molecule has 0 unspecified atom stereocenters. The van der Waals surface area contributed by atoms with E-state index < -0.39 is 0 Å². The number of benzene rings is 2. The van der Waals surface area contributed by atoms with Crippen molar-refractivity contribution in [2.75, 3.05) is 27.6 Å². The molecular formula is C19H22O5. The molecule has 128 valence electrons. The third-order valence-corrected chi connectivity index (χ3v) is 3.44. The Hall–Kier alpha value is -2.53. The molecule has 0 spiro atoms. The fraction of sp³-hybridized carbons (Fsp3) is 0.316. The fourth-order valence-corrected chi connectivity index (χ4v) is 2.32. The van der Waals surface area contributed by atoms with Crippen LogP contribution in [0.1, 0.15) is 28.4 Å². The van der Waals surface area contributed by atoms with E-state index in [9.17, 15) is 4.79 Å². The molecule has 5 nitrogen and oxygen atoms in total. The summed E-state index contributed by atoms with van der Waals surface area (Å²) < 4.78 is 20.8. The summed E-state index contributed by atoms with van der Waals surface area (Å²) in [5.41, 5.74) is 2.46. The van der Waals surface area contributed by atoms with Gasteiger partial charge in [0.25, 0.3) is 0 Å². The van der Waals surface area contributed by atoms with E-state index in [0.717, 1.165) is 16.9 Å². The molecule has 2 aromatic rings. The van der Waals surface area contributed by atoms with Crippen LogP contribution in [0.2, 0.25) is 0 Å². The lowest BCUT2D eigenvalue weighted by molar-refractivity contribution is 0.0504. The van der Waals surface area contributed by atoms with Crippen LogP contribution >= 0.6 is 0 Å². The maximum absolute atomic E-state index is 11.8. The lowest BCUT2D eigenvalue weighted by Crippen LogP contribution is -2.06. The van der Waals surface area contributed by atoms with Crippen molar-refractivity contribution in [2.24, 2.45) is 0 Å². The van der Waals surface area contributed by atoms with Crippen LogP contribution in [0.5, 0.6) is 11.5 Å². The molecule has 0 radical (unpaired) electrons.